The molecule has 0 saturated carbocycles. The van der Waals surface area contributed by atoms with Crippen LogP contribution in [0.4, 0.5) is 5.69 Å². The SMILES string of the molecule is CN(C)c1ccc(Cl)cc1/C(=N\[S@](=O)C(C)(C)C)C(C)(C)C. The van der Waals surface area contributed by atoms with E-state index in [1.54, 1.807) is 0 Å². The van der Waals surface area contributed by atoms with E-state index in [4.69, 9.17) is 11.6 Å². The second kappa shape index (κ2) is 6.71. The third-order valence-electron chi connectivity index (χ3n) is 3.10. The fourth-order valence-electron chi connectivity index (χ4n) is 1.90. The number of anilines is 1. The van der Waals surface area contributed by atoms with Crippen molar-refractivity contribution in [3.63, 3.8) is 0 Å². The first kappa shape index (κ1) is 19.2. The lowest BCUT2D eigenvalue weighted by molar-refractivity contribution is 0.591. The van der Waals surface area contributed by atoms with E-state index in [0.717, 1.165) is 17.0 Å². The van der Waals surface area contributed by atoms with E-state index >= 15 is 0 Å². The average Bonchev–Trinajstić information content (AvgIpc) is 2.32. The standard InChI is InChI=1S/C17H27ClN2OS/c1-16(2,3)15(19-22(21)17(4,5)6)13-11-12(18)9-10-14(13)20(7)8/h9-11H,1-8H3/b19-15+/t22-/m1/s1. The Morgan fingerprint density at radius 3 is 2.09 bits per heavy atom. The summed E-state index contributed by atoms with van der Waals surface area (Å²) in [6.45, 7) is 12.0. The Bertz CT molecular complexity index is 596. The summed E-state index contributed by atoms with van der Waals surface area (Å²) in [6, 6.07) is 5.74. The third kappa shape index (κ3) is 4.82. The number of benzene rings is 1. The summed E-state index contributed by atoms with van der Waals surface area (Å²) in [4.78, 5) is 2.02. The van der Waals surface area contributed by atoms with Gasteiger partial charge in [0, 0.05) is 35.8 Å². The van der Waals surface area contributed by atoms with Gasteiger partial charge in [-0.3, -0.25) is 0 Å². The highest BCUT2D eigenvalue weighted by molar-refractivity contribution is 7.85. The smallest absolute Gasteiger partial charge is 0.145 e. The Morgan fingerprint density at radius 1 is 1.14 bits per heavy atom. The highest BCUT2D eigenvalue weighted by Crippen LogP contribution is 2.31. The molecule has 3 nitrogen and oxygen atoms in total. The molecule has 124 valence electrons. The molecule has 0 unspecified atom stereocenters. The first-order valence-corrected chi connectivity index (χ1v) is 8.81. The molecule has 1 aromatic rings. The molecule has 0 amide bonds. The van der Waals surface area contributed by atoms with Crippen LogP contribution in [0.15, 0.2) is 22.6 Å². The minimum absolute atomic E-state index is 0.240. The third-order valence-corrected chi connectivity index (χ3v) is 4.74. The second-order valence-electron chi connectivity index (χ2n) is 7.61. The van der Waals surface area contributed by atoms with Crippen LogP contribution < -0.4 is 4.90 Å². The zero-order valence-electron chi connectivity index (χ0n) is 14.8. The molecule has 0 spiro atoms. The van der Waals surface area contributed by atoms with Crippen molar-refractivity contribution in [3.05, 3.63) is 28.8 Å². The van der Waals surface area contributed by atoms with Crippen molar-refractivity contribution in [2.75, 3.05) is 19.0 Å². The summed E-state index contributed by atoms with van der Waals surface area (Å²) in [5.74, 6) is 0. The van der Waals surface area contributed by atoms with E-state index in [0.29, 0.717) is 5.02 Å². The molecular formula is C17H27ClN2OS. The molecule has 1 atom stereocenters. The van der Waals surface area contributed by atoms with Crippen molar-refractivity contribution in [3.8, 4) is 0 Å². The van der Waals surface area contributed by atoms with Gasteiger partial charge in [-0.15, -0.1) is 0 Å². The minimum Gasteiger partial charge on any atom is -0.377 e. The van der Waals surface area contributed by atoms with Crippen molar-refractivity contribution >= 4 is 34.0 Å². The molecule has 0 heterocycles. The van der Waals surface area contributed by atoms with Gasteiger partial charge in [-0.1, -0.05) is 32.4 Å². The van der Waals surface area contributed by atoms with E-state index < -0.39 is 15.7 Å². The van der Waals surface area contributed by atoms with Crippen LogP contribution in [0, 0.1) is 5.41 Å². The molecule has 0 aromatic heterocycles. The Hall–Kier alpha value is -0.870. The lowest BCUT2D eigenvalue weighted by Crippen LogP contribution is -2.28. The molecule has 1 aromatic carbocycles. The Morgan fingerprint density at radius 2 is 1.68 bits per heavy atom. The summed E-state index contributed by atoms with van der Waals surface area (Å²) in [7, 11) is 2.64. The number of hydrogen-bond donors (Lipinski definition) is 0. The average molecular weight is 343 g/mol. The van der Waals surface area contributed by atoms with Crippen molar-refractivity contribution in [1.29, 1.82) is 0 Å². The molecule has 0 N–H and O–H groups in total. The molecular weight excluding hydrogens is 316 g/mol. The number of halogens is 1. The van der Waals surface area contributed by atoms with Crippen LogP contribution in [0.5, 0.6) is 0 Å². The van der Waals surface area contributed by atoms with Crippen LogP contribution >= 0.6 is 11.6 Å². The van der Waals surface area contributed by atoms with Crippen molar-refractivity contribution in [1.82, 2.24) is 0 Å². The monoisotopic (exact) mass is 342 g/mol. The van der Waals surface area contributed by atoms with Gasteiger partial charge in [0.2, 0.25) is 0 Å². The minimum atomic E-state index is -1.32. The lowest BCUT2D eigenvalue weighted by Gasteiger charge is -2.27. The predicted octanol–water partition coefficient (Wildman–Crippen LogP) is 4.70. The molecule has 1 rings (SSSR count). The van der Waals surface area contributed by atoms with Gasteiger partial charge in [-0.2, -0.15) is 4.40 Å². The molecule has 0 radical (unpaired) electrons. The zero-order chi connectivity index (χ0) is 17.3. The highest BCUT2D eigenvalue weighted by atomic mass is 35.5. The van der Waals surface area contributed by atoms with Gasteiger partial charge >= 0.3 is 0 Å². The fourth-order valence-corrected chi connectivity index (χ4v) is 2.88. The van der Waals surface area contributed by atoms with Crippen molar-refractivity contribution < 1.29 is 4.21 Å². The van der Waals surface area contributed by atoms with Crippen LogP contribution in [0.2, 0.25) is 5.02 Å². The molecule has 0 aliphatic carbocycles. The topological polar surface area (TPSA) is 32.7 Å². The molecule has 0 saturated heterocycles. The fraction of sp³-hybridized carbons (Fsp3) is 0.588. The number of rotatable bonds is 3. The first-order chi connectivity index (χ1) is 9.84. The maximum Gasteiger partial charge on any atom is 0.145 e. The van der Waals surface area contributed by atoms with Gasteiger partial charge in [-0.25, -0.2) is 4.21 Å². The summed E-state index contributed by atoms with van der Waals surface area (Å²) in [5.41, 5.74) is 2.52. The van der Waals surface area contributed by atoms with Crippen LogP contribution in [-0.2, 0) is 11.0 Å². The predicted molar refractivity (Wildman–Crippen MR) is 99.7 cm³/mol. The zero-order valence-corrected chi connectivity index (χ0v) is 16.4. The van der Waals surface area contributed by atoms with Gasteiger partial charge in [0.15, 0.2) is 0 Å². The van der Waals surface area contributed by atoms with Gasteiger partial charge in [0.05, 0.1) is 10.5 Å². The number of hydrogen-bond acceptors (Lipinski definition) is 2. The quantitative estimate of drug-likeness (QED) is 0.745. The lowest BCUT2D eigenvalue weighted by atomic mass is 9.85. The summed E-state index contributed by atoms with van der Waals surface area (Å²) < 4.78 is 16.7. The normalized spacial score (nSPS) is 14.9. The van der Waals surface area contributed by atoms with Crippen molar-refractivity contribution in [2.45, 2.75) is 46.3 Å². The van der Waals surface area contributed by atoms with Crippen molar-refractivity contribution in [2.24, 2.45) is 9.81 Å². The highest BCUT2D eigenvalue weighted by Gasteiger charge is 2.28. The Labute approximate surface area is 142 Å². The van der Waals surface area contributed by atoms with E-state index in [1.807, 2.05) is 58.0 Å². The van der Waals surface area contributed by atoms with Crippen LogP contribution in [0.25, 0.3) is 0 Å². The molecule has 22 heavy (non-hydrogen) atoms. The molecule has 0 aliphatic heterocycles. The van der Waals surface area contributed by atoms with E-state index in [9.17, 15) is 4.21 Å². The van der Waals surface area contributed by atoms with Crippen LogP contribution in [0.3, 0.4) is 0 Å². The van der Waals surface area contributed by atoms with Gasteiger partial charge < -0.3 is 4.90 Å². The summed E-state index contributed by atoms with van der Waals surface area (Å²) in [6.07, 6.45) is 0. The molecule has 5 heteroatoms. The van der Waals surface area contributed by atoms with Gasteiger partial charge in [0.25, 0.3) is 0 Å². The van der Waals surface area contributed by atoms with E-state index in [2.05, 4.69) is 25.2 Å². The van der Waals surface area contributed by atoms with E-state index in [1.165, 1.54) is 0 Å². The van der Waals surface area contributed by atoms with Crippen LogP contribution in [0.1, 0.15) is 47.1 Å². The Balaban J connectivity index is 3.59. The van der Waals surface area contributed by atoms with Crippen LogP contribution in [-0.4, -0.2) is 28.8 Å². The largest absolute Gasteiger partial charge is 0.377 e. The van der Waals surface area contributed by atoms with Gasteiger partial charge in [0.1, 0.15) is 11.0 Å². The summed E-state index contributed by atoms with van der Waals surface area (Å²) in [5, 5.41) is 0.652. The number of nitrogens with zero attached hydrogens (tertiary/aromatic N) is 2. The van der Waals surface area contributed by atoms with E-state index in [-0.39, 0.29) is 5.41 Å². The Kier molecular flexibility index (Phi) is 5.85. The maximum absolute atomic E-state index is 12.5. The maximum atomic E-state index is 12.5. The second-order valence-corrected chi connectivity index (χ2v) is 9.95. The molecule has 0 aliphatic rings. The molecule has 0 bridgehead atoms. The first-order valence-electron chi connectivity index (χ1n) is 7.32. The summed E-state index contributed by atoms with van der Waals surface area (Å²) >= 11 is 6.19. The molecule has 0 fully saturated rings. The van der Waals surface area contributed by atoms with Gasteiger partial charge in [-0.05, 0) is 39.0 Å².